The van der Waals surface area contributed by atoms with Crippen molar-refractivity contribution in [2.45, 2.75) is 12.8 Å². The van der Waals surface area contributed by atoms with Gasteiger partial charge in [-0.2, -0.15) is 0 Å². The van der Waals surface area contributed by atoms with Crippen molar-refractivity contribution >= 4 is 5.78 Å². The van der Waals surface area contributed by atoms with Crippen LogP contribution in [0.3, 0.4) is 0 Å². The molecule has 22 heavy (non-hydrogen) atoms. The summed E-state index contributed by atoms with van der Waals surface area (Å²) >= 11 is 0. The van der Waals surface area contributed by atoms with E-state index in [1.165, 1.54) is 0 Å². The van der Waals surface area contributed by atoms with Crippen LogP contribution in [0.15, 0.2) is 42.5 Å². The molecule has 0 unspecified atom stereocenters. The van der Waals surface area contributed by atoms with Gasteiger partial charge in [0.1, 0.15) is 17.2 Å². The molecule has 0 N–H and O–H groups in total. The van der Waals surface area contributed by atoms with Gasteiger partial charge in [-0.15, -0.1) is 0 Å². The van der Waals surface area contributed by atoms with Crippen LogP contribution in [0.2, 0.25) is 0 Å². The van der Waals surface area contributed by atoms with E-state index in [0.717, 1.165) is 11.3 Å². The SMILES string of the molecule is COc1ccc(CCC(=O)c2ccc(OC)cc2OC)cc1. The Balaban J connectivity index is 2.05. The van der Waals surface area contributed by atoms with Gasteiger partial charge in [0.25, 0.3) is 0 Å². The molecule has 0 saturated heterocycles. The third kappa shape index (κ3) is 3.79. The highest BCUT2D eigenvalue weighted by Crippen LogP contribution is 2.26. The number of ketones is 1. The van der Waals surface area contributed by atoms with E-state index >= 15 is 0 Å². The smallest absolute Gasteiger partial charge is 0.166 e. The second kappa shape index (κ2) is 7.50. The molecular weight excluding hydrogens is 280 g/mol. The lowest BCUT2D eigenvalue weighted by atomic mass is 10.0. The molecule has 0 radical (unpaired) electrons. The summed E-state index contributed by atoms with van der Waals surface area (Å²) in [6.07, 6.45) is 1.10. The zero-order chi connectivity index (χ0) is 15.9. The Bertz CT molecular complexity index is 632. The van der Waals surface area contributed by atoms with Gasteiger partial charge in [0.05, 0.1) is 26.9 Å². The standard InChI is InChI=1S/C18H20O4/c1-20-14-7-4-13(5-8-14)6-11-17(19)16-10-9-15(21-2)12-18(16)22-3/h4-5,7-10,12H,6,11H2,1-3H3. The lowest BCUT2D eigenvalue weighted by molar-refractivity contribution is 0.0980. The van der Waals surface area contributed by atoms with Gasteiger partial charge in [-0.25, -0.2) is 0 Å². The van der Waals surface area contributed by atoms with E-state index in [-0.39, 0.29) is 5.78 Å². The van der Waals surface area contributed by atoms with E-state index < -0.39 is 0 Å². The van der Waals surface area contributed by atoms with Crippen molar-refractivity contribution in [2.24, 2.45) is 0 Å². The lowest BCUT2D eigenvalue weighted by Crippen LogP contribution is -2.04. The molecule has 0 bridgehead atoms. The minimum Gasteiger partial charge on any atom is -0.497 e. The summed E-state index contributed by atoms with van der Waals surface area (Å²) in [6.45, 7) is 0. The Morgan fingerprint density at radius 1 is 0.864 bits per heavy atom. The van der Waals surface area contributed by atoms with Crippen LogP contribution in [0.4, 0.5) is 0 Å². The molecule has 0 amide bonds. The summed E-state index contributed by atoms with van der Waals surface area (Å²) in [7, 11) is 4.77. The number of aryl methyl sites for hydroxylation is 1. The van der Waals surface area contributed by atoms with Gasteiger partial charge in [-0.05, 0) is 36.2 Å². The number of carbonyl (C=O) groups excluding carboxylic acids is 1. The number of Topliss-reactive ketones (excluding diaryl/α,β-unsaturated/α-hetero) is 1. The molecule has 0 aliphatic heterocycles. The minimum atomic E-state index is 0.0512. The number of ether oxygens (including phenoxy) is 3. The van der Waals surface area contributed by atoms with Gasteiger partial charge in [0.15, 0.2) is 5.78 Å². The molecular formula is C18H20O4. The van der Waals surface area contributed by atoms with E-state index in [1.807, 2.05) is 24.3 Å². The van der Waals surface area contributed by atoms with Crippen LogP contribution in [-0.2, 0) is 6.42 Å². The number of benzene rings is 2. The Labute approximate surface area is 130 Å². The number of hydrogen-bond acceptors (Lipinski definition) is 4. The van der Waals surface area contributed by atoms with Crippen LogP contribution in [0.5, 0.6) is 17.2 Å². The van der Waals surface area contributed by atoms with Crippen LogP contribution in [0.25, 0.3) is 0 Å². The molecule has 0 atom stereocenters. The molecule has 4 nitrogen and oxygen atoms in total. The minimum absolute atomic E-state index is 0.0512. The highest BCUT2D eigenvalue weighted by molar-refractivity contribution is 5.99. The van der Waals surface area contributed by atoms with Gasteiger partial charge in [0, 0.05) is 12.5 Å². The summed E-state index contributed by atoms with van der Waals surface area (Å²) in [5, 5.41) is 0. The molecule has 2 aromatic rings. The molecule has 0 saturated carbocycles. The molecule has 2 aromatic carbocycles. The Morgan fingerprint density at radius 3 is 2.09 bits per heavy atom. The Kier molecular flexibility index (Phi) is 5.42. The summed E-state index contributed by atoms with van der Waals surface area (Å²) in [5.74, 6) is 2.07. The quantitative estimate of drug-likeness (QED) is 0.734. The topological polar surface area (TPSA) is 44.8 Å². The first-order chi connectivity index (χ1) is 10.7. The van der Waals surface area contributed by atoms with Crippen molar-refractivity contribution in [3.63, 3.8) is 0 Å². The van der Waals surface area contributed by atoms with Crippen LogP contribution in [0, 0.1) is 0 Å². The van der Waals surface area contributed by atoms with E-state index in [4.69, 9.17) is 14.2 Å². The second-order valence-corrected chi connectivity index (χ2v) is 4.84. The highest BCUT2D eigenvalue weighted by Gasteiger charge is 2.13. The van der Waals surface area contributed by atoms with Crippen molar-refractivity contribution in [2.75, 3.05) is 21.3 Å². The van der Waals surface area contributed by atoms with Crippen LogP contribution >= 0.6 is 0 Å². The molecule has 0 spiro atoms. The van der Waals surface area contributed by atoms with E-state index in [9.17, 15) is 4.79 Å². The van der Waals surface area contributed by atoms with Gasteiger partial charge >= 0.3 is 0 Å². The van der Waals surface area contributed by atoms with E-state index in [2.05, 4.69) is 0 Å². The molecule has 0 aliphatic carbocycles. The molecule has 0 aromatic heterocycles. The number of rotatable bonds is 7. The molecule has 4 heteroatoms. The fourth-order valence-electron chi connectivity index (χ4n) is 2.21. The fourth-order valence-corrected chi connectivity index (χ4v) is 2.21. The lowest BCUT2D eigenvalue weighted by Gasteiger charge is -2.09. The van der Waals surface area contributed by atoms with E-state index in [1.54, 1.807) is 39.5 Å². The first kappa shape index (κ1) is 15.9. The van der Waals surface area contributed by atoms with E-state index in [0.29, 0.717) is 29.9 Å². The molecule has 116 valence electrons. The second-order valence-electron chi connectivity index (χ2n) is 4.84. The van der Waals surface area contributed by atoms with Crippen molar-refractivity contribution in [3.8, 4) is 17.2 Å². The molecule has 0 fully saturated rings. The highest BCUT2D eigenvalue weighted by atomic mass is 16.5. The normalized spacial score (nSPS) is 10.1. The predicted molar refractivity (Wildman–Crippen MR) is 85.2 cm³/mol. The number of hydrogen-bond donors (Lipinski definition) is 0. The molecule has 0 aliphatic rings. The van der Waals surface area contributed by atoms with Crippen molar-refractivity contribution in [1.82, 2.24) is 0 Å². The van der Waals surface area contributed by atoms with Crippen molar-refractivity contribution in [3.05, 3.63) is 53.6 Å². The molecule has 0 heterocycles. The third-order valence-electron chi connectivity index (χ3n) is 3.51. The van der Waals surface area contributed by atoms with Gasteiger partial charge in [-0.1, -0.05) is 12.1 Å². The third-order valence-corrected chi connectivity index (χ3v) is 3.51. The van der Waals surface area contributed by atoms with Crippen molar-refractivity contribution < 1.29 is 19.0 Å². The first-order valence-electron chi connectivity index (χ1n) is 7.06. The summed E-state index contributed by atoms with van der Waals surface area (Å²) in [5.41, 5.74) is 1.68. The van der Waals surface area contributed by atoms with Crippen LogP contribution in [-0.4, -0.2) is 27.1 Å². The van der Waals surface area contributed by atoms with Gasteiger partial charge < -0.3 is 14.2 Å². The van der Waals surface area contributed by atoms with Crippen LogP contribution < -0.4 is 14.2 Å². The summed E-state index contributed by atoms with van der Waals surface area (Å²) in [6, 6.07) is 13.0. The summed E-state index contributed by atoms with van der Waals surface area (Å²) in [4.78, 5) is 12.4. The summed E-state index contributed by atoms with van der Waals surface area (Å²) < 4.78 is 15.5. The zero-order valence-electron chi connectivity index (χ0n) is 13.1. The average Bonchev–Trinajstić information content (AvgIpc) is 2.59. The maximum atomic E-state index is 12.4. The average molecular weight is 300 g/mol. The predicted octanol–water partition coefficient (Wildman–Crippen LogP) is 3.53. The zero-order valence-corrected chi connectivity index (χ0v) is 13.1. The number of carbonyl (C=O) groups is 1. The first-order valence-corrected chi connectivity index (χ1v) is 7.06. The fraction of sp³-hybridized carbons (Fsp3) is 0.278. The largest absolute Gasteiger partial charge is 0.497 e. The maximum absolute atomic E-state index is 12.4. The number of methoxy groups -OCH3 is 3. The Hall–Kier alpha value is -2.49. The molecule has 2 rings (SSSR count). The van der Waals surface area contributed by atoms with Crippen LogP contribution in [0.1, 0.15) is 22.3 Å². The maximum Gasteiger partial charge on any atom is 0.166 e. The van der Waals surface area contributed by atoms with Gasteiger partial charge in [-0.3, -0.25) is 4.79 Å². The van der Waals surface area contributed by atoms with Gasteiger partial charge in [0.2, 0.25) is 0 Å². The van der Waals surface area contributed by atoms with Crippen molar-refractivity contribution in [1.29, 1.82) is 0 Å². The monoisotopic (exact) mass is 300 g/mol. The Morgan fingerprint density at radius 2 is 1.50 bits per heavy atom.